The molecular formula is C21H27ClN2O3. The Bertz CT molecular complexity index is 735. The monoisotopic (exact) mass is 390 g/mol. The summed E-state index contributed by atoms with van der Waals surface area (Å²) in [5.74, 6) is 0.394. The van der Waals surface area contributed by atoms with Gasteiger partial charge in [-0.1, -0.05) is 23.7 Å². The van der Waals surface area contributed by atoms with Gasteiger partial charge in [0, 0.05) is 32.1 Å². The molecule has 1 saturated carbocycles. The second kappa shape index (κ2) is 7.10. The minimum atomic E-state index is -0.00481. The van der Waals surface area contributed by atoms with E-state index in [1.54, 1.807) is 12.1 Å². The van der Waals surface area contributed by atoms with Crippen molar-refractivity contribution in [3.63, 3.8) is 0 Å². The van der Waals surface area contributed by atoms with Crippen LogP contribution in [0.2, 0.25) is 5.02 Å². The molecule has 0 unspecified atom stereocenters. The molecule has 1 aliphatic carbocycles. The van der Waals surface area contributed by atoms with E-state index in [1.165, 1.54) is 0 Å². The summed E-state index contributed by atoms with van der Waals surface area (Å²) in [6.45, 7) is 6.82. The zero-order valence-corrected chi connectivity index (χ0v) is 16.7. The van der Waals surface area contributed by atoms with Gasteiger partial charge in [-0.05, 0) is 50.7 Å². The molecule has 1 spiro atoms. The number of piperidine rings is 1. The Morgan fingerprint density at radius 3 is 2.33 bits per heavy atom. The average Bonchev–Trinajstić information content (AvgIpc) is 3.34. The number of amides is 2. The Balaban J connectivity index is 1.35. The number of halogens is 1. The third kappa shape index (κ3) is 3.59. The Hall–Kier alpha value is -1.59. The van der Waals surface area contributed by atoms with E-state index in [0.717, 1.165) is 19.3 Å². The highest BCUT2D eigenvalue weighted by Crippen LogP contribution is 2.60. The molecule has 1 aromatic rings. The summed E-state index contributed by atoms with van der Waals surface area (Å²) in [6.07, 6.45) is 2.95. The summed E-state index contributed by atoms with van der Waals surface area (Å²) >= 11 is 6.17. The van der Waals surface area contributed by atoms with Gasteiger partial charge in [-0.25, -0.2) is 0 Å². The molecule has 3 aliphatic rings. The molecular weight excluding hydrogens is 364 g/mol. The lowest BCUT2D eigenvalue weighted by molar-refractivity contribution is -0.145. The van der Waals surface area contributed by atoms with Gasteiger partial charge in [-0.15, -0.1) is 0 Å². The number of ether oxygens (including phenoxy) is 1. The number of benzene rings is 1. The number of likely N-dealkylation sites (tertiary alicyclic amines) is 1. The smallest absolute Gasteiger partial charge is 0.255 e. The summed E-state index contributed by atoms with van der Waals surface area (Å²) in [4.78, 5) is 29.6. The maximum atomic E-state index is 13.0. The van der Waals surface area contributed by atoms with Crippen molar-refractivity contribution in [3.8, 4) is 0 Å². The lowest BCUT2D eigenvalue weighted by Crippen LogP contribution is -2.49. The van der Waals surface area contributed by atoms with E-state index in [2.05, 4.69) is 0 Å². The first-order valence-electron chi connectivity index (χ1n) is 9.88. The maximum absolute atomic E-state index is 13.0. The van der Waals surface area contributed by atoms with Crippen LogP contribution in [-0.4, -0.2) is 60.0 Å². The van der Waals surface area contributed by atoms with E-state index in [4.69, 9.17) is 16.3 Å². The van der Waals surface area contributed by atoms with Crippen molar-refractivity contribution in [1.82, 2.24) is 9.80 Å². The lowest BCUT2D eigenvalue weighted by Gasteiger charge is -2.37. The van der Waals surface area contributed by atoms with Crippen molar-refractivity contribution >= 4 is 23.4 Å². The van der Waals surface area contributed by atoms with Crippen molar-refractivity contribution in [1.29, 1.82) is 0 Å². The largest absolute Gasteiger partial charge is 0.372 e. The SMILES string of the molecule is C[C@@H]1CN(C(=O)[C@@H]2CC23CCN(C(=O)c2ccccc2Cl)CC3)C[C@H](C)O1. The van der Waals surface area contributed by atoms with Crippen LogP contribution in [0.4, 0.5) is 0 Å². The Labute approximate surface area is 165 Å². The van der Waals surface area contributed by atoms with Crippen molar-refractivity contribution in [3.05, 3.63) is 34.9 Å². The first kappa shape index (κ1) is 18.8. The quantitative estimate of drug-likeness (QED) is 0.779. The van der Waals surface area contributed by atoms with Crippen LogP contribution in [0.1, 0.15) is 43.5 Å². The Morgan fingerprint density at radius 2 is 1.70 bits per heavy atom. The normalized spacial score (nSPS) is 29.7. The van der Waals surface area contributed by atoms with E-state index >= 15 is 0 Å². The van der Waals surface area contributed by atoms with E-state index in [1.807, 2.05) is 35.8 Å². The zero-order chi connectivity index (χ0) is 19.2. The van der Waals surface area contributed by atoms with Crippen molar-refractivity contribution in [2.75, 3.05) is 26.2 Å². The molecule has 2 amide bonds. The van der Waals surface area contributed by atoms with E-state index in [9.17, 15) is 9.59 Å². The van der Waals surface area contributed by atoms with Crippen LogP contribution in [0.15, 0.2) is 24.3 Å². The zero-order valence-electron chi connectivity index (χ0n) is 16.0. The number of hydrogen-bond acceptors (Lipinski definition) is 3. The van der Waals surface area contributed by atoms with Crippen LogP contribution in [0, 0.1) is 11.3 Å². The number of hydrogen-bond donors (Lipinski definition) is 0. The minimum absolute atomic E-state index is 0.00481. The number of carbonyl (C=O) groups excluding carboxylic acids is 2. The summed E-state index contributed by atoms with van der Waals surface area (Å²) in [6, 6.07) is 7.20. The third-order valence-electron chi connectivity index (χ3n) is 6.37. The molecule has 146 valence electrons. The van der Waals surface area contributed by atoms with Crippen LogP contribution >= 0.6 is 11.6 Å². The van der Waals surface area contributed by atoms with E-state index in [0.29, 0.717) is 36.8 Å². The highest BCUT2D eigenvalue weighted by Gasteiger charge is 2.59. The Morgan fingerprint density at radius 1 is 1.07 bits per heavy atom. The molecule has 0 N–H and O–H groups in total. The molecule has 2 aliphatic heterocycles. The molecule has 2 heterocycles. The van der Waals surface area contributed by atoms with Crippen LogP contribution in [-0.2, 0) is 9.53 Å². The highest BCUT2D eigenvalue weighted by atomic mass is 35.5. The summed E-state index contributed by atoms with van der Waals surface area (Å²) in [5.41, 5.74) is 0.661. The van der Waals surface area contributed by atoms with Gasteiger partial charge in [-0.3, -0.25) is 9.59 Å². The van der Waals surface area contributed by atoms with Gasteiger partial charge >= 0.3 is 0 Å². The average molecular weight is 391 g/mol. The first-order valence-corrected chi connectivity index (χ1v) is 10.3. The first-order chi connectivity index (χ1) is 12.9. The molecule has 3 atom stereocenters. The summed E-state index contributed by atoms with van der Waals surface area (Å²) in [7, 11) is 0. The number of rotatable bonds is 2. The van der Waals surface area contributed by atoms with Crippen LogP contribution in [0.25, 0.3) is 0 Å². The molecule has 0 aromatic heterocycles. The molecule has 3 fully saturated rings. The molecule has 5 nitrogen and oxygen atoms in total. The molecule has 2 saturated heterocycles. The molecule has 27 heavy (non-hydrogen) atoms. The van der Waals surface area contributed by atoms with Gasteiger partial charge in [0.2, 0.25) is 5.91 Å². The number of morpholine rings is 1. The highest BCUT2D eigenvalue weighted by molar-refractivity contribution is 6.33. The van der Waals surface area contributed by atoms with Gasteiger partial charge in [0.05, 0.1) is 22.8 Å². The maximum Gasteiger partial charge on any atom is 0.255 e. The fourth-order valence-electron chi connectivity index (χ4n) is 4.79. The second-order valence-corrected chi connectivity index (χ2v) is 8.80. The van der Waals surface area contributed by atoms with Crippen molar-refractivity contribution in [2.24, 2.45) is 11.3 Å². The fraction of sp³-hybridized carbons (Fsp3) is 0.619. The fourth-order valence-corrected chi connectivity index (χ4v) is 5.00. The minimum Gasteiger partial charge on any atom is -0.372 e. The molecule has 0 bridgehead atoms. The predicted molar refractivity (Wildman–Crippen MR) is 104 cm³/mol. The van der Waals surface area contributed by atoms with Crippen molar-refractivity contribution in [2.45, 2.75) is 45.3 Å². The van der Waals surface area contributed by atoms with Crippen LogP contribution < -0.4 is 0 Å². The van der Waals surface area contributed by atoms with Gasteiger partial charge in [-0.2, -0.15) is 0 Å². The summed E-state index contributed by atoms with van der Waals surface area (Å²) in [5, 5.41) is 0.498. The van der Waals surface area contributed by atoms with Gasteiger partial charge in [0.1, 0.15) is 0 Å². The van der Waals surface area contributed by atoms with Gasteiger partial charge in [0.15, 0.2) is 0 Å². The lowest BCUT2D eigenvalue weighted by atomic mass is 9.90. The van der Waals surface area contributed by atoms with Gasteiger partial charge in [0.25, 0.3) is 5.91 Å². The van der Waals surface area contributed by atoms with Crippen LogP contribution in [0.3, 0.4) is 0 Å². The van der Waals surface area contributed by atoms with Crippen molar-refractivity contribution < 1.29 is 14.3 Å². The number of carbonyl (C=O) groups is 2. The van der Waals surface area contributed by atoms with Gasteiger partial charge < -0.3 is 14.5 Å². The predicted octanol–water partition coefficient (Wildman–Crippen LogP) is 3.22. The standard InChI is InChI=1S/C21H27ClN2O3/c1-14-12-24(13-15(2)27-14)20(26)17-11-21(17)7-9-23(10-8-21)19(25)16-5-3-4-6-18(16)22/h3-6,14-15,17H,7-13H2,1-2H3/t14-,15+,17-/m0/s1. The van der Waals surface area contributed by atoms with Crippen LogP contribution in [0.5, 0.6) is 0 Å². The molecule has 0 radical (unpaired) electrons. The van der Waals surface area contributed by atoms with E-state index < -0.39 is 0 Å². The molecule has 6 heteroatoms. The second-order valence-electron chi connectivity index (χ2n) is 8.39. The topological polar surface area (TPSA) is 49.9 Å². The summed E-state index contributed by atoms with van der Waals surface area (Å²) < 4.78 is 5.75. The molecule has 1 aromatic carbocycles. The van der Waals surface area contributed by atoms with E-state index in [-0.39, 0.29) is 35.4 Å². The molecule has 4 rings (SSSR count). The third-order valence-corrected chi connectivity index (χ3v) is 6.70. The Kier molecular flexibility index (Phi) is 4.93. The number of nitrogens with zero attached hydrogens (tertiary/aromatic N) is 2.